The van der Waals surface area contributed by atoms with Crippen molar-refractivity contribution in [3.8, 4) is 5.75 Å². The van der Waals surface area contributed by atoms with Crippen LogP contribution in [0.15, 0.2) is 24.3 Å². The molecule has 0 aromatic heterocycles. The van der Waals surface area contributed by atoms with E-state index < -0.39 is 22.0 Å². The number of ether oxygens (including phenoxy) is 1. The predicted molar refractivity (Wildman–Crippen MR) is 65.1 cm³/mol. The summed E-state index contributed by atoms with van der Waals surface area (Å²) in [5.74, 6) is 0.538. The molecule has 2 rings (SSSR count). The maximum atomic E-state index is 11.3. The SMILES string of the molecule is COc1ccc(N[C@@H]2CS(=O)(=O)C[C@H]2O)cc1. The zero-order chi connectivity index (χ0) is 12.5. The first kappa shape index (κ1) is 12.2. The van der Waals surface area contributed by atoms with Crippen molar-refractivity contribution in [2.24, 2.45) is 0 Å². The molecule has 1 aliphatic rings. The van der Waals surface area contributed by atoms with Crippen LogP contribution < -0.4 is 10.1 Å². The molecule has 0 saturated carbocycles. The van der Waals surface area contributed by atoms with Gasteiger partial charge < -0.3 is 15.2 Å². The summed E-state index contributed by atoms with van der Waals surface area (Å²) in [5.41, 5.74) is 0.770. The Morgan fingerprint density at radius 1 is 1.29 bits per heavy atom. The van der Waals surface area contributed by atoms with Crippen LogP contribution in [-0.4, -0.2) is 44.3 Å². The fourth-order valence-electron chi connectivity index (χ4n) is 1.87. The molecule has 2 N–H and O–H groups in total. The molecule has 94 valence electrons. The first-order valence-corrected chi connectivity index (χ1v) is 7.11. The lowest BCUT2D eigenvalue weighted by Crippen LogP contribution is -2.31. The van der Waals surface area contributed by atoms with Crippen molar-refractivity contribution in [3.05, 3.63) is 24.3 Å². The largest absolute Gasteiger partial charge is 0.497 e. The second-order valence-electron chi connectivity index (χ2n) is 4.12. The number of hydrogen-bond donors (Lipinski definition) is 2. The second kappa shape index (κ2) is 4.54. The van der Waals surface area contributed by atoms with Gasteiger partial charge in [0.1, 0.15) is 5.75 Å². The molecule has 0 unspecified atom stereocenters. The van der Waals surface area contributed by atoms with Crippen molar-refractivity contribution >= 4 is 15.5 Å². The Kier molecular flexibility index (Phi) is 3.26. The average molecular weight is 257 g/mol. The van der Waals surface area contributed by atoms with Crippen molar-refractivity contribution in [2.45, 2.75) is 12.1 Å². The first-order valence-electron chi connectivity index (χ1n) is 5.29. The molecule has 17 heavy (non-hydrogen) atoms. The van der Waals surface area contributed by atoms with Gasteiger partial charge in [-0.05, 0) is 24.3 Å². The van der Waals surface area contributed by atoms with Crippen molar-refractivity contribution in [3.63, 3.8) is 0 Å². The van der Waals surface area contributed by atoms with Crippen LogP contribution in [0.1, 0.15) is 0 Å². The van der Waals surface area contributed by atoms with Gasteiger partial charge in [0, 0.05) is 5.69 Å². The van der Waals surface area contributed by atoms with Crippen LogP contribution in [0.25, 0.3) is 0 Å². The molecular formula is C11H15NO4S. The van der Waals surface area contributed by atoms with E-state index in [-0.39, 0.29) is 11.5 Å². The van der Waals surface area contributed by atoms with E-state index in [9.17, 15) is 13.5 Å². The summed E-state index contributed by atoms with van der Waals surface area (Å²) in [6.07, 6.45) is -0.845. The Bertz CT molecular complexity index is 483. The second-order valence-corrected chi connectivity index (χ2v) is 6.28. The minimum atomic E-state index is -3.11. The summed E-state index contributed by atoms with van der Waals surface area (Å²) >= 11 is 0. The number of methoxy groups -OCH3 is 1. The Balaban J connectivity index is 2.06. The van der Waals surface area contributed by atoms with Gasteiger partial charge in [0.05, 0.1) is 30.8 Å². The third-order valence-corrected chi connectivity index (χ3v) is 4.48. The molecule has 1 fully saturated rings. The van der Waals surface area contributed by atoms with Gasteiger partial charge in [-0.2, -0.15) is 0 Å². The molecule has 1 saturated heterocycles. The zero-order valence-electron chi connectivity index (χ0n) is 9.46. The third-order valence-electron chi connectivity index (χ3n) is 2.76. The normalized spacial score (nSPS) is 26.7. The van der Waals surface area contributed by atoms with E-state index in [4.69, 9.17) is 4.74 Å². The van der Waals surface area contributed by atoms with Crippen molar-refractivity contribution < 1.29 is 18.3 Å². The molecule has 1 aromatic rings. The van der Waals surface area contributed by atoms with Crippen LogP contribution in [0.2, 0.25) is 0 Å². The number of hydrogen-bond acceptors (Lipinski definition) is 5. The Labute approximate surface area is 100 Å². The van der Waals surface area contributed by atoms with Gasteiger partial charge >= 0.3 is 0 Å². The van der Waals surface area contributed by atoms with Crippen LogP contribution >= 0.6 is 0 Å². The van der Waals surface area contributed by atoms with Crippen LogP contribution in [-0.2, 0) is 9.84 Å². The fourth-order valence-corrected chi connectivity index (χ4v) is 3.61. The Morgan fingerprint density at radius 2 is 1.94 bits per heavy atom. The molecule has 0 aliphatic carbocycles. The number of rotatable bonds is 3. The van der Waals surface area contributed by atoms with E-state index in [0.717, 1.165) is 11.4 Å². The van der Waals surface area contributed by atoms with E-state index in [2.05, 4.69) is 5.32 Å². The monoisotopic (exact) mass is 257 g/mol. The maximum absolute atomic E-state index is 11.3. The van der Waals surface area contributed by atoms with E-state index >= 15 is 0 Å². The topological polar surface area (TPSA) is 75.6 Å². The standard InChI is InChI=1S/C11H15NO4S/c1-16-9-4-2-8(3-5-9)12-10-6-17(14,15)7-11(10)13/h2-5,10-13H,6-7H2,1H3/t10-,11-/m1/s1. The third kappa shape index (κ3) is 2.89. The van der Waals surface area contributed by atoms with Gasteiger partial charge in [-0.1, -0.05) is 0 Å². The van der Waals surface area contributed by atoms with Crippen LogP contribution in [0.5, 0.6) is 5.75 Å². The summed E-state index contributed by atoms with van der Waals surface area (Å²) in [7, 11) is -1.54. The van der Waals surface area contributed by atoms with Gasteiger partial charge in [0.15, 0.2) is 9.84 Å². The predicted octanol–water partition coefficient (Wildman–Crippen LogP) is 0.265. The molecule has 1 heterocycles. The number of aliphatic hydroxyl groups is 1. The lowest BCUT2D eigenvalue weighted by molar-refractivity contribution is 0.190. The average Bonchev–Trinajstić information content (AvgIpc) is 2.53. The van der Waals surface area contributed by atoms with E-state index in [1.165, 1.54) is 0 Å². The number of sulfone groups is 1. The summed E-state index contributed by atoms with van der Waals surface area (Å²) in [5, 5.41) is 12.6. The van der Waals surface area contributed by atoms with E-state index in [1.54, 1.807) is 31.4 Å². The summed E-state index contributed by atoms with van der Waals surface area (Å²) < 4.78 is 27.7. The lowest BCUT2D eigenvalue weighted by atomic mass is 10.2. The number of benzene rings is 1. The molecule has 0 amide bonds. The first-order chi connectivity index (χ1) is 8.00. The molecule has 6 heteroatoms. The number of aliphatic hydroxyl groups excluding tert-OH is 1. The Morgan fingerprint density at radius 3 is 2.41 bits per heavy atom. The summed E-state index contributed by atoms with van der Waals surface area (Å²) in [6, 6.07) is 6.69. The van der Waals surface area contributed by atoms with Crippen LogP contribution in [0, 0.1) is 0 Å². The number of anilines is 1. The van der Waals surface area contributed by atoms with Gasteiger partial charge in [-0.3, -0.25) is 0 Å². The van der Waals surface area contributed by atoms with E-state index in [1.807, 2.05) is 0 Å². The molecule has 0 bridgehead atoms. The molecule has 5 nitrogen and oxygen atoms in total. The van der Waals surface area contributed by atoms with Crippen LogP contribution in [0.4, 0.5) is 5.69 Å². The molecule has 1 aromatic carbocycles. The highest BCUT2D eigenvalue weighted by atomic mass is 32.2. The smallest absolute Gasteiger partial charge is 0.155 e. The zero-order valence-corrected chi connectivity index (χ0v) is 10.3. The van der Waals surface area contributed by atoms with Crippen molar-refractivity contribution in [2.75, 3.05) is 23.9 Å². The van der Waals surface area contributed by atoms with Crippen molar-refractivity contribution in [1.82, 2.24) is 0 Å². The summed E-state index contributed by atoms with van der Waals surface area (Å²) in [4.78, 5) is 0. The fraction of sp³-hybridized carbons (Fsp3) is 0.455. The van der Waals surface area contributed by atoms with Gasteiger partial charge in [-0.15, -0.1) is 0 Å². The molecule has 2 atom stereocenters. The highest BCUT2D eigenvalue weighted by Crippen LogP contribution is 2.20. The van der Waals surface area contributed by atoms with Crippen LogP contribution in [0.3, 0.4) is 0 Å². The minimum absolute atomic E-state index is 0.0276. The van der Waals surface area contributed by atoms with Gasteiger partial charge in [0.25, 0.3) is 0 Å². The summed E-state index contributed by atoms with van der Waals surface area (Å²) in [6.45, 7) is 0. The molecule has 0 radical (unpaired) electrons. The maximum Gasteiger partial charge on any atom is 0.155 e. The lowest BCUT2D eigenvalue weighted by Gasteiger charge is -2.16. The van der Waals surface area contributed by atoms with Gasteiger partial charge in [-0.25, -0.2) is 8.42 Å². The van der Waals surface area contributed by atoms with Gasteiger partial charge in [0.2, 0.25) is 0 Å². The molecule has 0 spiro atoms. The minimum Gasteiger partial charge on any atom is -0.497 e. The molecule has 1 aliphatic heterocycles. The highest BCUT2D eigenvalue weighted by Gasteiger charge is 2.36. The highest BCUT2D eigenvalue weighted by molar-refractivity contribution is 7.91. The Hall–Kier alpha value is -1.27. The van der Waals surface area contributed by atoms with Crippen molar-refractivity contribution in [1.29, 1.82) is 0 Å². The number of nitrogens with one attached hydrogen (secondary N) is 1. The molecular weight excluding hydrogens is 242 g/mol. The van der Waals surface area contributed by atoms with E-state index in [0.29, 0.717) is 0 Å². The quantitative estimate of drug-likeness (QED) is 0.812.